The quantitative estimate of drug-likeness (QED) is 0.569. The number of aromatic amines is 1. The predicted octanol–water partition coefficient (Wildman–Crippen LogP) is 3.37. The van der Waals surface area contributed by atoms with Crippen LogP contribution in [0.5, 0.6) is 0 Å². The maximum atomic E-state index is 12.3. The number of benzene rings is 2. The van der Waals surface area contributed by atoms with Crippen LogP contribution in [-0.2, 0) is 6.54 Å². The highest BCUT2D eigenvalue weighted by Gasteiger charge is 2.10. The Balaban J connectivity index is 1.39. The first-order valence-corrected chi connectivity index (χ1v) is 8.47. The summed E-state index contributed by atoms with van der Waals surface area (Å²) in [5.41, 5.74) is 3.28. The highest BCUT2D eigenvalue weighted by molar-refractivity contribution is 5.94. The molecule has 27 heavy (non-hydrogen) atoms. The van der Waals surface area contributed by atoms with Gasteiger partial charge in [-0.05, 0) is 36.8 Å². The van der Waals surface area contributed by atoms with E-state index in [0.29, 0.717) is 29.6 Å². The number of imidazole rings is 1. The van der Waals surface area contributed by atoms with Crippen LogP contribution >= 0.6 is 0 Å². The number of nitrogens with zero attached hydrogens (tertiary/aromatic N) is 3. The summed E-state index contributed by atoms with van der Waals surface area (Å²) in [4.78, 5) is 24.0. The van der Waals surface area contributed by atoms with Gasteiger partial charge in [-0.25, -0.2) is 4.98 Å². The summed E-state index contributed by atoms with van der Waals surface area (Å²) in [5, 5.41) is 6.62. The molecule has 4 aromatic rings. The predicted molar refractivity (Wildman–Crippen MR) is 99.7 cm³/mol. The van der Waals surface area contributed by atoms with Gasteiger partial charge in [0.15, 0.2) is 5.82 Å². The first-order valence-electron chi connectivity index (χ1n) is 8.47. The molecule has 7 heteroatoms. The van der Waals surface area contributed by atoms with Crippen molar-refractivity contribution in [2.75, 3.05) is 0 Å². The number of nitrogens with one attached hydrogen (secondary N) is 2. The highest BCUT2D eigenvalue weighted by atomic mass is 16.5. The SMILES string of the molecule is Cc1noc(-c2ccc(C(=O)NCc3ncc(-c4ccccc4)[nH]3)cc2)n1. The van der Waals surface area contributed by atoms with Gasteiger partial charge in [-0.2, -0.15) is 4.98 Å². The van der Waals surface area contributed by atoms with Crippen LogP contribution in [0.3, 0.4) is 0 Å². The van der Waals surface area contributed by atoms with Gasteiger partial charge in [0.05, 0.1) is 18.4 Å². The smallest absolute Gasteiger partial charge is 0.257 e. The Morgan fingerprint density at radius 1 is 1.07 bits per heavy atom. The van der Waals surface area contributed by atoms with Crippen molar-refractivity contribution in [2.45, 2.75) is 13.5 Å². The molecule has 0 aliphatic carbocycles. The summed E-state index contributed by atoms with van der Waals surface area (Å²) in [6.45, 7) is 2.07. The molecule has 0 bridgehead atoms. The monoisotopic (exact) mass is 359 g/mol. The van der Waals surface area contributed by atoms with Crippen LogP contribution in [0, 0.1) is 6.92 Å². The van der Waals surface area contributed by atoms with Gasteiger partial charge in [0.1, 0.15) is 5.82 Å². The van der Waals surface area contributed by atoms with Crippen molar-refractivity contribution in [1.29, 1.82) is 0 Å². The second-order valence-corrected chi connectivity index (χ2v) is 6.02. The molecular formula is C20H17N5O2. The van der Waals surface area contributed by atoms with E-state index in [-0.39, 0.29) is 5.91 Å². The molecule has 4 rings (SSSR count). The molecule has 0 aliphatic rings. The van der Waals surface area contributed by atoms with Crippen LogP contribution in [-0.4, -0.2) is 26.0 Å². The summed E-state index contributed by atoms with van der Waals surface area (Å²) in [6.07, 6.45) is 1.76. The van der Waals surface area contributed by atoms with E-state index in [9.17, 15) is 4.79 Å². The fourth-order valence-electron chi connectivity index (χ4n) is 2.66. The van der Waals surface area contributed by atoms with Crippen molar-refractivity contribution in [3.05, 3.63) is 78.0 Å². The first-order chi connectivity index (χ1) is 13.2. The van der Waals surface area contributed by atoms with E-state index in [1.54, 1.807) is 37.4 Å². The summed E-state index contributed by atoms with van der Waals surface area (Å²) in [6, 6.07) is 16.9. The number of aromatic nitrogens is 4. The Bertz CT molecular complexity index is 1050. The van der Waals surface area contributed by atoms with E-state index >= 15 is 0 Å². The zero-order valence-electron chi connectivity index (χ0n) is 14.6. The Hall–Kier alpha value is -3.74. The van der Waals surface area contributed by atoms with Crippen LogP contribution in [0.25, 0.3) is 22.7 Å². The fraction of sp³-hybridized carbons (Fsp3) is 0.100. The molecule has 2 aromatic heterocycles. The Morgan fingerprint density at radius 3 is 2.56 bits per heavy atom. The van der Waals surface area contributed by atoms with Crippen LogP contribution in [0.2, 0.25) is 0 Å². The third kappa shape index (κ3) is 3.77. The second-order valence-electron chi connectivity index (χ2n) is 6.02. The topological polar surface area (TPSA) is 96.7 Å². The molecule has 0 unspecified atom stereocenters. The number of carbonyl (C=O) groups excluding carboxylic acids is 1. The Labute approximate surface area is 155 Å². The van der Waals surface area contributed by atoms with Crippen molar-refractivity contribution in [1.82, 2.24) is 25.4 Å². The van der Waals surface area contributed by atoms with Crippen molar-refractivity contribution >= 4 is 5.91 Å². The standard InChI is InChI=1S/C20H17N5O2/c1-13-23-20(27-25-13)16-9-7-15(8-10-16)19(26)22-12-18-21-11-17(24-18)14-5-3-2-4-6-14/h2-11H,12H2,1H3,(H,21,24)(H,22,26). The van der Waals surface area contributed by atoms with Gasteiger partial charge in [-0.1, -0.05) is 35.5 Å². The molecular weight excluding hydrogens is 342 g/mol. The lowest BCUT2D eigenvalue weighted by atomic mass is 10.1. The molecule has 0 fully saturated rings. The summed E-state index contributed by atoms with van der Waals surface area (Å²) >= 11 is 0. The van der Waals surface area contributed by atoms with Crippen LogP contribution in [0.1, 0.15) is 22.0 Å². The van der Waals surface area contributed by atoms with Gasteiger partial charge in [-0.15, -0.1) is 0 Å². The molecule has 2 heterocycles. The van der Waals surface area contributed by atoms with Gasteiger partial charge in [0.25, 0.3) is 11.8 Å². The molecule has 0 atom stereocenters. The molecule has 134 valence electrons. The minimum atomic E-state index is -0.180. The van der Waals surface area contributed by atoms with Crippen molar-refractivity contribution < 1.29 is 9.32 Å². The van der Waals surface area contributed by atoms with Crippen molar-refractivity contribution in [2.24, 2.45) is 0 Å². The summed E-state index contributed by atoms with van der Waals surface area (Å²) < 4.78 is 5.12. The van der Waals surface area contributed by atoms with E-state index in [4.69, 9.17) is 4.52 Å². The average molecular weight is 359 g/mol. The number of hydrogen-bond donors (Lipinski definition) is 2. The molecule has 2 N–H and O–H groups in total. The molecule has 0 saturated carbocycles. The van der Waals surface area contributed by atoms with Gasteiger partial charge in [0, 0.05) is 11.1 Å². The van der Waals surface area contributed by atoms with Crippen LogP contribution in [0.15, 0.2) is 65.3 Å². The van der Waals surface area contributed by atoms with E-state index in [0.717, 1.165) is 16.8 Å². The lowest BCUT2D eigenvalue weighted by Gasteiger charge is -2.04. The molecule has 0 saturated heterocycles. The van der Waals surface area contributed by atoms with Crippen molar-refractivity contribution in [3.63, 3.8) is 0 Å². The second kappa shape index (κ2) is 7.25. The maximum absolute atomic E-state index is 12.3. The first kappa shape index (κ1) is 16.7. The largest absolute Gasteiger partial charge is 0.345 e. The normalized spacial score (nSPS) is 10.7. The molecule has 1 amide bonds. The van der Waals surface area contributed by atoms with Gasteiger partial charge in [0.2, 0.25) is 0 Å². The minimum Gasteiger partial charge on any atom is -0.345 e. The lowest BCUT2D eigenvalue weighted by Crippen LogP contribution is -2.23. The van der Waals surface area contributed by atoms with Gasteiger partial charge >= 0.3 is 0 Å². The number of amides is 1. The third-order valence-electron chi connectivity index (χ3n) is 4.05. The zero-order valence-corrected chi connectivity index (χ0v) is 14.6. The number of aryl methyl sites for hydroxylation is 1. The fourth-order valence-corrected chi connectivity index (χ4v) is 2.66. The number of carbonyl (C=O) groups is 1. The number of H-pyrrole nitrogens is 1. The minimum absolute atomic E-state index is 0.180. The van der Waals surface area contributed by atoms with Crippen LogP contribution in [0.4, 0.5) is 0 Å². The summed E-state index contributed by atoms with van der Waals surface area (Å²) in [7, 11) is 0. The number of hydrogen-bond acceptors (Lipinski definition) is 5. The Kier molecular flexibility index (Phi) is 4.49. The molecule has 7 nitrogen and oxygen atoms in total. The number of rotatable bonds is 5. The highest BCUT2D eigenvalue weighted by Crippen LogP contribution is 2.18. The van der Waals surface area contributed by atoms with Gasteiger partial charge in [-0.3, -0.25) is 4.79 Å². The van der Waals surface area contributed by atoms with Crippen LogP contribution < -0.4 is 5.32 Å². The van der Waals surface area contributed by atoms with E-state index in [2.05, 4.69) is 25.4 Å². The Morgan fingerprint density at radius 2 is 1.85 bits per heavy atom. The lowest BCUT2D eigenvalue weighted by molar-refractivity contribution is 0.0950. The summed E-state index contributed by atoms with van der Waals surface area (Å²) in [5.74, 6) is 1.52. The maximum Gasteiger partial charge on any atom is 0.257 e. The molecule has 2 aromatic carbocycles. The van der Waals surface area contributed by atoms with E-state index < -0.39 is 0 Å². The molecule has 0 radical (unpaired) electrons. The van der Waals surface area contributed by atoms with E-state index in [1.807, 2.05) is 30.3 Å². The van der Waals surface area contributed by atoms with Gasteiger partial charge < -0.3 is 14.8 Å². The third-order valence-corrected chi connectivity index (χ3v) is 4.05. The average Bonchev–Trinajstić information content (AvgIpc) is 3.36. The zero-order chi connectivity index (χ0) is 18.6. The molecule has 0 aliphatic heterocycles. The molecule has 0 spiro atoms. The van der Waals surface area contributed by atoms with Crippen molar-refractivity contribution in [3.8, 4) is 22.7 Å². The van der Waals surface area contributed by atoms with E-state index in [1.165, 1.54) is 0 Å².